The number of nitrogens with two attached hydrogens (primary N) is 1. The van der Waals surface area contributed by atoms with E-state index in [0.717, 1.165) is 16.0 Å². The first-order valence-electron chi connectivity index (χ1n) is 7.99. The molecule has 0 saturated heterocycles. The molecule has 5 nitrogen and oxygen atoms in total. The minimum absolute atomic E-state index is 0.171. The third kappa shape index (κ3) is 5.11. The van der Waals surface area contributed by atoms with Crippen molar-refractivity contribution in [3.8, 4) is 0 Å². The molecule has 2 aromatic rings. The zero-order valence-corrected chi connectivity index (χ0v) is 15.9. The van der Waals surface area contributed by atoms with Crippen molar-refractivity contribution in [2.24, 2.45) is 5.73 Å². The van der Waals surface area contributed by atoms with Crippen molar-refractivity contribution in [3.05, 3.63) is 51.9 Å². The molecule has 2 rings (SSSR count). The van der Waals surface area contributed by atoms with Crippen LogP contribution in [0, 0.1) is 6.92 Å². The second kappa shape index (κ2) is 8.73. The third-order valence-electron chi connectivity index (χ3n) is 3.77. The minimum Gasteiger partial charge on any atom is -0.365 e. The Bertz CT molecular complexity index is 785. The molecule has 1 aromatic heterocycles. The standard InChI is InChI=1S/C18H21N3O2S2/c1-3-13-11(2)25-17(15(13)16(19)23)21-18(24)20-14(22)10-9-12-7-5-4-6-8-12/h4-8H,3,9-10H2,1-2H3,(H2,19,23)(H2,20,21,22,24). The van der Waals surface area contributed by atoms with Crippen molar-refractivity contribution in [1.82, 2.24) is 5.32 Å². The van der Waals surface area contributed by atoms with E-state index in [-0.39, 0.29) is 11.0 Å². The van der Waals surface area contributed by atoms with Gasteiger partial charge >= 0.3 is 0 Å². The number of hydrogen-bond acceptors (Lipinski definition) is 4. The van der Waals surface area contributed by atoms with Crippen LogP contribution in [0.4, 0.5) is 5.00 Å². The van der Waals surface area contributed by atoms with Gasteiger partial charge in [0.1, 0.15) is 5.00 Å². The predicted molar refractivity (Wildman–Crippen MR) is 106 cm³/mol. The van der Waals surface area contributed by atoms with Gasteiger partial charge in [-0.15, -0.1) is 11.3 Å². The van der Waals surface area contributed by atoms with Crippen LogP contribution >= 0.6 is 23.6 Å². The third-order valence-corrected chi connectivity index (χ3v) is 5.04. The number of benzene rings is 1. The smallest absolute Gasteiger partial charge is 0.251 e. The summed E-state index contributed by atoms with van der Waals surface area (Å²) in [5, 5.41) is 6.33. The lowest BCUT2D eigenvalue weighted by atomic mass is 10.1. The maximum Gasteiger partial charge on any atom is 0.251 e. The number of nitrogens with one attached hydrogen (secondary N) is 2. The lowest BCUT2D eigenvalue weighted by Gasteiger charge is -2.09. The quantitative estimate of drug-likeness (QED) is 0.677. The topological polar surface area (TPSA) is 84.2 Å². The van der Waals surface area contributed by atoms with Gasteiger partial charge in [-0.2, -0.15) is 0 Å². The van der Waals surface area contributed by atoms with Gasteiger partial charge in [0.25, 0.3) is 5.91 Å². The average Bonchev–Trinajstić information content (AvgIpc) is 2.89. The van der Waals surface area contributed by atoms with E-state index < -0.39 is 5.91 Å². The average molecular weight is 376 g/mol. The van der Waals surface area contributed by atoms with Crippen LogP contribution in [0.15, 0.2) is 30.3 Å². The maximum absolute atomic E-state index is 12.0. The van der Waals surface area contributed by atoms with Gasteiger partial charge in [-0.25, -0.2) is 0 Å². The number of aryl methyl sites for hydroxylation is 2. The van der Waals surface area contributed by atoms with Crippen LogP contribution < -0.4 is 16.4 Å². The van der Waals surface area contributed by atoms with Crippen LogP contribution in [0.25, 0.3) is 0 Å². The minimum atomic E-state index is -0.498. The highest BCUT2D eigenvalue weighted by Gasteiger charge is 2.20. The Hall–Kier alpha value is -2.25. The SMILES string of the molecule is CCc1c(C)sc(NC(=S)NC(=O)CCc2ccccc2)c1C(N)=O. The highest BCUT2D eigenvalue weighted by molar-refractivity contribution is 7.80. The van der Waals surface area contributed by atoms with Gasteiger partial charge in [-0.05, 0) is 43.1 Å². The number of primary amides is 1. The van der Waals surface area contributed by atoms with Crippen molar-refractivity contribution < 1.29 is 9.59 Å². The molecule has 1 aromatic carbocycles. The van der Waals surface area contributed by atoms with Crippen molar-refractivity contribution in [2.75, 3.05) is 5.32 Å². The molecule has 0 aliphatic rings. The largest absolute Gasteiger partial charge is 0.365 e. The number of amides is 2. The number of anilines is 1. The molecule has 25 heavy (non-hydrogen) atoms. The summed E-state index contributed by atoms with van der Waals surface area (Å²) >= 11 is 6.60. The van der Waals surface area contributed by atoms with E-state index in [9.17, 15) is 9.59 Å². The van der Waals surface area contributed by atoms with Crippen LogP contribution in [0.1, 0.15) is 39.7 Å². The number of thiophene rings is 1. The zero-order chi connectivity index (χ0) is 18.4. The van der Waals surface area contributed by atoms with Crippen molar-refractivity contribution >= 4 is 45.5 Å². The summed E-state index contributed by atoms with van der Waals surface area (Å²) in [6, 6.07) is 9.77. The van der Waals surface area contributed by atoms with E-state index in [1.807, 2.05) is 44.2 Å². The number of rotatable bonds is 6. The van der Waals surface area contributed by atoms with Gasteiger partial charge in [-0.1, -0.05) is 37.3 Å². The Morgan fingerprint density at radius 2 is 1.92 bits per heavy atom. The van der Waals surface area contributed by atoms with E-state index >= 15 is 0 Å². The molecule has 1 heterocycles. The van der Waals surface area contributed by atoms with Gasteiger partial charge in [-0.3, -0.25) is 9.59 Å². The molecule has 0 saturated carbocycles. The summed E-state index contributed by atoms with van der Waals surface area (Å²) < 4.78 is 0. The molecule has 2 amide bonds. The molecular weight excluding hydrogens is 354 g/mol. The van der Waals surface area contributed by atoms with Gasteiger partial charge in [0.05, 0.1) is 5.56 Å². The summed E-state index contributed by atoms with van der Waals surface area (Å²) in [5.41, 5.74) is 7.95. The van der Waals surface area contributed by atoms with Gasteiger partial charge < -0.3 is 16.4 Å². The summed E-state index contributed by atoms with van der Waals surface area (Å²) in [7, 11) is 0. The molecule has 0 fully saturated rings. The van der Waals surface area contributed by atoms with Crippen molar-refractivity contribution in [2.45, 2.75) is 33.1 Å². The molecular formula is C18H21N3O2S2. The second-order valence-electron chi connectivity index (χ2n) is 5.55. The summed E-state index contributed by atoms with van der Waals surface area (Å²) in [4.78, 5) is 24.8. The van der Waals surface area contributed by atoms with Gasteiger partial charge in [0.15, 0.2) is 5.11 Å². The van der Waals surface area contributed by atoms with Crippen LogP contribution in [-0.2, 0) is 17.6 Å². The zero-order valence-electron chi connectivity index (χ0n) is 14.2. The predicted octanol–water partition coefficient (Wildman–Crippen LogP) is 3.16. The molecule has 0 spiro atoms. The van der Waals surface area contributed by atoms with Gasteiger partial charge in [0, 0.05) is 11.3 Å². The van der Waals surface area contributed by atoms with Crippen LogP contribution in [0.2, 0.25) is 0 Å². The summed E-state index contributed by atoms with van der Waals surface area (Å²) in [5.74, 6) is -0.673. The molecule has 132 valence electrons. The molecule has 4 N–H and O–H groups in total. The number of carbonyl (C=O) groups excluding carboxylic acids is 2. The maximum atomic E-state index is 12.0. The van der Waals surface area contributed by atoms with Gasteiger partial charge in [0.2, 0.25) is 5.91 Å². The first-order valence-corrected chi connectivity index (χ1v) is 9.21. The molecule has 7 heteroatoms. The number of carbonyl (C=O) groups is 2. The summed E-state index contributed by atoms with van der Waals surface area (Å²) in [6.45, 7) is 3.90. The van der Waals surface area contributed by atoms with E-state index in [0.29, 0.717) is 29.8 Å². The lowest BCUT2D eigenvalue weighted by molar-refractivity contribution is -0.119. The van der Waals surface area contributed by atoms with Crippen molar-refractivity contribution in [1.29, 1.82) is 0 Å². The van der Waals surface area contributed by atoms with Crippen LogP contribution in [-0.4, -0.2) is 16.9 Å². The van der Waals surface area contributed by atoms with Crippen LogP contribution in [0.5, 0.6) is 0 Å². The monoisotopic (exact) mass is 375 g/mol. The Kier molecular flexibility index (Phi) is 6.66. The normalized spacial score (nSPS) is 10.3. The molecule has 0 bridgehead atoms. The van der Waals surface area contributed by atoms with E-state index in [2.05, 4.69) is 10.6 Å². The first kappa shape index (κ1) is 19.1. The second-order valence-corrected chi connectivity index (χ2v) is 7.18. The highest BCUT2D eigenvalue weighted by atomic mass is 32.1. The Morgan fingerprint density at radius 3 is 2.52 bits per heavy atom. The summed E-state index contributed by atoms with van der Waals surface area (Å²) in [6.07, 6.45) is 1.68. The number of thiocarbonyl (C=S) groups is 1. The lowest BCUT2D eigenvalue weighted by Crippen LogP contribution is -2.34. The Morgan fingerprint density at radius 1 is 1.24 bits per heavy atom. The molecule has 0 aliphatic carbocycles. The van der Waals surface area contributed by atoms with Crippen LogP contribution in [0.3, 0.4) is 0 Å². The highest BCUT2D eigenvalue weighted by Crippen LogP contribution is 2.33. The molecule has 0 radical (unpaired) electrons. The fourth-order valence-corrected chi connectivity index (χ4v) is 4.01. The van der Waals surface area contributed by atoms with E-state index in [1.165, 1.54) is 11.3 Å². The fourth-order valence-electron chi connectivity index (χ4n) is 2.58. The van der Waals surface area contributed by atoms with E-state index in [4.69, 9.17) is 18.0 Å². The fraction of sp³-hybridized carbons (Fsp3) is 0.278. The molecule has 0 aliphatic heterocycles. The Balaban J connectivity index is 1.96. The van der Waals surface area contributed by atoms with Crippen molar-refractivity contribution in [3.63, 3.8) is 0 Å². The van der Waals surface area contributed by atoms with E-state index in [1.54, 1.807) is 0 Å². The first-order chi connectivity index (χ1) is 11.9. The Labute approximate surface area is 156 Å². The number of hydrogen-bond donors (Lipinski definition) is 3. The molecule has 0 unspecified atom stereocenters. The molecule has 0 atom stereocenters.